The van der Waals surface area contributed by atoms with Crippen LogP contribution in [0.5, 0.6) is 0 Å². The number of unbranched alkanes of at least 4 members (excludes halogenated alkanes) is 1. The summed E-state index contributed by atoms with van der Waals surface area (Å²) in [4.78, 5) is 23.0. The SMILES string of the molecule is CCCCC(CC)CNC(=O)c1ccc(CN(c2cccc([N+](=O)[O-])c2)S(C)(=O)=O)cc1. The molecule has 2 rings (SSSR count). The minimum absolute atomic E-state index is 0.00315. The number of hydrogen-bond donors (Lipinski definition) is 1. The molecule has 2 aromatic rings. The van der Waals surface area contributed by atoms with Gasteiger partial charge in [0.15, 0.2) is 0 Å². The first-order valence-electron chi connectivity index (χ1n) is 10.7. The van der Waals surface area contributed by atoms with Crippen LogP contribution in [0.2, 0.25) is 0 Å². The zero-order valence-corrected chi connectivity index (χ0v) is 19.6. The van der Waals surface area contributed by atoms with Gasteiger partial charge in [0.25, 0.3) is 11.6 Å². The first-order chi connectivity index (χ1) is 15.2. The minimum Gasteiger partial charge on any atom is -0.352 e. The lowest BCUT2D eigenvalue weighted by molar-refractivity contribution is -0.384. The Balaban J connectivity index is 2.11. The number of benzene rings is 2. The van der Waals surface area contributed by atoms with Crippen LogP contribution in [0.1, 0.15) is 55.5 Å². The van der Waals surface area contributed by atoms with Crippen molar-refractivity contribution in [2.75, 3.05) is 17.1 Å². The molecule has 0 spiro atoms. The van der Waals surface area contributed by atoms with E-state index < -0.39 is 14.9 Å². The summed E-state index contributed by atoms with van der Waals surface area (Å²) in [5, 5.41) is 14.0. The Bertz CT molecular complexity index is 1020. The van der Waals surface area contributed by atoms with E-state index in [-0.39, 0.29) is 23.8 Å². The van der Waals surface area contributed by atoms with Crippen molar-refractivity contribution in [1.82, 2.24) is 5.32 Å². The number of nitro groups is 1. The van der Waals surface area contributed by atoms with Gasteiger partial charge in [0.2, 0.25) is 10.0 Å². The molecule has 0 radical (unpaired) electrons. The highest BCUT2D eigenvalue weighted by molar-refractivity contribution is 7.92. The lowest BCUT2D eigenvalue weighted by Gasteiger charge is -2.22. The quantitative estimate of drug-likeness (QED) is 0.369. The molecule has 1 atom stereocenters. The summed E-state index contributed by atoms with van der Waals surface area (Å²) in [5.41, 5.74) is 1.18. The van der Waals surface area contributed by atoms with Crippen molar-refractivity contribution in [3.8, 4) is 0 Å². The number of non-ortho nitro benzene ring substituents is 1. The Labute approximate surface area is 189 Å². The van der Waals surface area contributed by atoms with Crippen LogP contribution in [0, 0.1) is 16.0 Å². The van der Waals surface area contributed by atoms with E-state index in [1.165, 1.54) is 24.3 Å². The van der Waals surface area contributed by atoms with Crippen molar-refractivity contribution in [1.29, 1.82) is 0 Å². The Morgan fingerprint density at radius 1 is 1.16 bits per heavy atom. The third-order valence-corrected chi connectivity index (χ3v) is 6.51. The fourth-order valence-corrected chi connectivity index (χ4v) is 4.25. The molecular weight excluding hydrogens is 430 g/mol. The van der Waals surface area contributed by atoms with E-state index in [4.69, 9.17) is 0 Å². The Hall–Kier alpha value is -2.94. The summed E-state index contributed by atoms with van der Waals surface area (Å²) in [5.74, 6) is 0.293. The van der Waals surface area contributed by atoms with Gasteiger partial charge in [-0.15, -0.1) is 0 Å². The molecule has 174 valence electrons. The molecule has 1 amide bonds. The maximum absolute atomic E-state index is 12.5. The Morgan fingerprint density at radius 3 is 2.41 bits per heavy atom. The van der Waals surface area contributed by atoms with Crippen LogP contribution in [-0.2, 0) is 16.6 Å². The smallest absolute Gasteiger partial charge is 0.271 e. The number of nitrogens with one attached hydrogen (secondary N) is 1. The standard InChI is InChI=1S/C23H31N3O5S/c1-4-6-8-18(5-2)16-24-23(27)20-13-11-19(12-14-20)17-25(32(3,30)31)21-9-7-10-22(15-21)26(28)29/h7,9-15,18H,4-6,8,16-17H2,1-3H3,(H,24,27). The molecule has 0 fully saturated rings. The molecule has 1 N–H and O–H groups in total. The number of nitrogens with zero attached hydrogens (tertiary/aromatic N) is 2. The number of amides is 1. The molecule has 0 saturated heterocycles. The van der Waals surface area contributed by atoms with Crippen LogP contribution in [0.3, 0.4) is 0 Å². The summed E-state index contributed by atoms with van der Waals surface area (Å²) >= 11 is 0. The van der Waals surface area contributed by atoms with Crippen molar-refractivity contribution in [2.45, 2.75) is 46.1 Å². The van der Waals surface area contributed by atoms with Gasteiger partial charge in [-0.1, -0.05) is 51.3 Å². The van der Waals surface area contributed by atoms with Gasteiger partial charge in [0, 0.05) is 24.2 Å². The van der Waals surface area contributed by atoms with Crippen LogP contribution in [0.15, 0.2) is 48.5 Å². The summed E-state index contributed by atoms with van der Waals surface area (Å²) in [6.07, 6.45) is 5.43. The van der Waals surface area contributed by atoms with Crippen molar-refractivity contribution in [3.05, 3.63) is 69.8 Å². The number of sulfonamides is 1. The molecule has 0 aliphatic heterocycles. The molecule has 1 unspecified atom stereocenters. The molecule has 0 saturated carbocycles. The number of carbonyl (C=O) groups is 1. The van der Waals surface area contributed by atoms with E-state index >= 15 is 0 Å². The third-order valence-electron chi connectivity index (χ3n) is 5.37. The lowest BCUT2D eigenvalue weighted by atomic mass is 9.99. The Kier molecular flexibility index (Phi) is 9.19. The summed E-state index contributed by atoms with van der Waals surface area (Å²) in [6.45, 7) is 4.90. The summed E-state index contributed by atoms with van der Waals surface area (Å²) in [7, 11) is -3.68. The van der Waals surface area contributed by atoms with Crippen LogP contribution in [0.25, 0.3) is 0 Å². The summed E-state index contributed by atoms with van der Waals surface area (Å²) in [6, 6.07) is 12.2. The van der Waals surface area contributed by atoms with Gasteiger partial charge < -0.3 is 5.32 Å². The second kappa shape index (κ2) is 11.6. The fraction of sp³-hybridized carbons (Fsp3) is 0.435. The highest BCUT2D eigenvalue weighted by Gasteiger charge is 2.20. The van der Waals surface area contributed by atoms with Gasteiger partial charge in [-0.3, -0.25) is 19.2 Å². The molecule has 9 heteroatoms. The van der Waals surface area contributed by atoms with Crippen LogP contribution < -0.4 is 9.62 Å². The fourth-order valence-electron chi connectivity index (χ4n) is 3.37. The average Bonchev–Trinajstić information content (AvgIpc) is 2.77. The van der Waals surface area contributed by atoms with Crippen molar-refractivity contribution < 1.29 is 18.1 Å². The predicted octanol–water partition coefficient (Wildman–Crippen LogP) is 4.51. The van der Waals surface area contributed by atoms with E-state index in [1.54, 1.807) is 24.3 Å². The number of carbonyl (C=O) groups excluding carboxylic acids is 1. The van der Waals surface area contributed by atoms with Crippen LogP contribution >= 0.6 is 0 Å². The Morgan fingerprint density at radius 2 is 1.84 bits per heavy atom. The first-order valence-corrected chi connectivity index (χ1v) is 12.6. The predicted molar refractivity (Wildman–Crippen MR) is 126 cm³/mol. The maximum Gasteiger partial charge on any atom is 0.271 e. The van der Waals surface area contributed by atoms with E-state index in [9.17, 15) is 23.3 Å². The summed E-state index contributed by atoms with van der Waals surface area (Å²) < 4.78 is 25.8. The van der Waals surface area contributed by atoms with E-state index in [2.05, 4.69) is 19.2 Å². The average molecular weight is 462 g/mol. The first kappa shape index (κ1) is 25.3. The zero-order chi connectivity index (χ0) is 23.7. The van der Waals surface area contributed by atoms with Gasteiger partial charge in [-0.05, 0) is 36.1 Å². The van der Waals surface area contributed by atoms with Gasteiger partial charge >= 0.3 is 0 Å². The molecule has 32 heavy (non-hydrogen) atoms. The molecular formula is C23H31N3O5S. The van der Waals surface area contributed by atoms with Crippen molar-refractivity contribution in [3.63, 3.8) is 0 Å². The second-order valence-electron chi connectivity index (χ2n) is 7.87. The van der Waals surface area contributed by atoms with Crippen LogP contribution in [0.4, 0.5) is 11.4 Å². The number of rotatable bonds is 12. The second-order valence-corrected chi connectivity index (χ2v) is 9.78. The molecule has 0 bridgehead atoms. The lowest BCUT2D eigenvalue weighted by Crippen LogP contribution is -2.30. The van der Waals surface area contributed by atoms with Crippen molar-refractivity contribution >= 4 is 27.3 Å². The van der Waals surface area contributed by atoms with E-state index in [0.717, 1.165) is 36.2 Å². The monoisotopic (exact) mass is 461 g/mol. The van der Waals surface area contributed by atoms with E-state index in [0.29, 0.717) is 23.6 Å². The highest BCUT2D eigenvalue weighted by atomic mass is 32.2. The van der Waals surface area contributed by atoms with Gasteiger partial charge in [-0.2, -0.15) is 0 Å². The van der Waals surface area contributed by atoms with Gasteiger partial charge in [0.1, 0.15) is 0 Å². The van der Waals surface area contributed by atoms with E-state index in [1.807, 2.05) is 0 Å². The number of nitro benzene ring substituents is 1. The highest BCUT2D eigenvalue weighted by Crippen LogP contribution is 2.25. The van der Waals surface area contributed by atoms with Crippen molar-refractivity contribution in [2.24, 2.45) is 5.92 Å². The third kappa shape index (κ3) is 7.33. The zero-order valence-electron chi connectivity index (χ0n) is 18.8. The normalized spacial score (nSPS) is 12.2. The molecule has 0 aliphatic carbocycles. The molecule has 0 aliphatic rings. The maximum atomic E-state index is 12.5. The van der Waals surface area contributed by atoms with Crippen LogP contribution in [-0.4, -0.2) is 32.0 Å². The van der Waals surface area contributed by atoms with Gasteiger partial charge in [0.05, 0.1) is 23.4 Å². The topological polar surface area (TPSA) is 110 Å². The van der Waals surface area contributed by atoms with Gasteiger partial charge in [-0.25, -0.2) is 8.42 Å². The minimum atomic E-state index is -3.68. The molecule has 2 aromatic carbocycles. The molecule has 0 heterocycles. The number of hydrogen-bond acceptors (Lipinski definition) is 5. The number of anilines is 1. The molecule has 8 nitrogen and oxygen atoms in total. The molecule has 0 aromatic heterocycles. The largest absolute Gasteiger partial charge is 0.352 e.